The Labute approximate surface area is 121 Å². The maximum absolute atomic E-state index is 12.7. The zero-order valence-corrected chi connectivity index (χ0v) is 12.9. The van der Waals surface area contributed by atoms with Crippen molar-refractivity contribution in [3.05, 3.63) is 17.5 Å². The van der Waals surface area contributed by atoms with Crippen LogP contribution in [0.25, 0.3) is 0 Å². The van der Waals surface area contributed by atoms with E-state index in [2.05, 4.69) is 17.3 Å². The molecule has 0 spiro atoms. The molecule has 0 saturated carbocycles. The average Bonchev–Trinajstić information content (AvgIpc) is 3.03. The molecule has 1 aromatic heterocycles. The first-order chi connectivity index (χ1) is 9.61. The van der Waals surface area contributed by atoms with Gasteiger partial charge in [-0.3, -0.25) is 9.48 Å². The number of unbranched alkanes of at least 4 members (excludes halogenated alkanes) is 1. The molecule has 112 valence electrons. The minimum Gasteiger partial charge on any atom is -0.337 e. The maximum Gasteiger partial charge on any atom is 0.257 e. The number of carbonyl (C=O) groups excluding carboxylic acids is 1. The highest BCUT2D eigenvalue weighted by Gasteiger charge is 2.24. The van der Waals surface area contributed by atoms with Gasteiger partial charge >= 0.3 is 0 Å². The Bertz CT molecular complexity index is 449. The molecular formula is C15H26N4O. The highest BCUT2D eigenvalue weighted by atomic mass is 16.2. The molecule has 5 nitrogen and oxygen atoms in total. The number of nitrogens with zero attached hydrogens (tertiary/aromatic N) is 3. The van der Waals surface area contributed by atoms with Crippen LogP contribution in [0.3, 0.4) is 0 Å². The van der Waals surface area contributed by atoms with E-state index in [1.54, 1.807) is 4.68 Å². The molecule has 0 bridgehead atoms. The van der Waals surface area contributed by atoms with E-state index in [-0.39, 0.29) is 5.91 Å². The molecule has 1 aliphatic rings. The van der Waals surface area contributed by atoms with Crippen molar-refractivity contribution in [3.63, 3.8) is 0 Å². The summed E-state index contributed by atoms with van der Waals surface area (Å²) in [5, 5.41) is 7.76. The Hall–Kier alpha value is -1.36. The molecule has 1 amide bonds. The molecule has 2 heterocycles. The Kier molecular flexibility index (Phi) is 5.17. The molecule has 2 rings (SSSR count). The van der Waals surface area contributed by atoms with Crippen molar-refractivity contribution in [3.8, 4) is 0 Å². The van der Waals surface area contributed by atoms with Gasteiger partial charge in [0.1, 0.15) is 0 Å². The number of hydrogen-bond donors (Lipinski definition) is 1. The number of aryl methyl sites for hydroxylation is 2. The predicted molar refractivity (Wildman–Crippen MR) is 79.8 cm³/mol. The summed E-state index contributed by atoms with van der Waals surface area (Å²) in [7, 11) is 1.86. The first-order valence-electron chi connectivity index (χ1n) is 7.64. The molecule has 1 aromatic rings. The topological polar surface area (TPSA) is 50.2 Å². The summed E-state index contributed by atoms with van der Waals surface area (Å²) < 4.78 is 1.72. The van der Waals surface area contributed by atoms with Crippen LogP contribution in [0.2, 0.25) is 0 Å². The fraction of sp³-hybridized carbons (Fsp3) is 0.733. The number of amides is 1. The third kappa shape index (κ3) is 3.60. The Morgan fingerprint density at radius 1 is 1.60 bits per heavy atom. The Balaban J connectivity index is 2.07. The third-order valence-corrected chi connectivity index (χ3v) is 3.92. The Morgan fingerprint density at radius 2 is 2.40 bits per heavy atom. The zero-order chi connectivity index (χ0) is 14.5. The van der Waals surface area contributed by atoms with E-state index in [9.17, 15) is 4.79 Å². The van der Waals surface area contributed by atoms with Crippen LogP contribution in [0.5, 0.6) is 0 Å². The number of rotatable bonds is 6. The van der Waals surface area contributed by atoms with Crippen LogP contribution in [0.4, 0.5) is 0 Å². The van der Waals surface area contributed by atoms with E-state index in [1.165, 1.54) is 12.8 Å². The van der Waals surface area contributed by atoms with E-state index >= 15 is 0 Å². The molecule has 0 aromatic carbocycles. The van der Waals surface area contributed by atoms with Crippen LogP contribution >= 0.6 is 0 Å². The smallest absolute Gasteiger partial charge is 0.257 e. The van der Waals surface area contributed by atoms with Gasteiger partial charge in [0.05, 0.1) is 11.3 Å². The van der Waals surface area contributed by atoms with Gasteiger partial charge in [0.25, 0.3) is 5.91 Å². The molecule has 1 aliphatic heterocycles. The lowest BCUT2D eigenvalue weighted by atomic mass is 10.1. The Morgan fingerprint density at radius 3 is 2.95 bits per heavy atom. The fourth-order valence-corrected chi connectivity index (χ4v) is 2.78. The van der Waals surface area contributed by atoms with E-state index in [0.717, 1.165) is 43.7 Å². The minimum absolute atomic E-state index is 0.123. The normalized spacial score (nSPS) is 18.4. The van der Waals surface area contributed by atoms with Crippen molar-refractivity contribution < 1.29 is 4.79 Å². The van der Waals surface area contributed by atoms with Crippen LogP contribution < -0.4 is 5.32 Å². The highest BCUT2D eigenvalue weighted by molar-refractivity contribution is 5.95. The summed E-state index contributed by atoms with van der Waals surface area (Å²) in [5.41, 5.74) is 1.56. The van der Waals surface area contributed by atoms with Gasteiger partial charge in [0.2, 0.25) is 0 Å². The summed E-state index contributed by atoms with van der Waals surface area (Å²) in [4.78, 5) is 14.7. The molecule has 1 unspecified atom stereocenters. The van der Waals surface area contributed by atoms with E-state index in [1.807, 2.05) is 25.1 Å². The predicted octanol–water partition coefficient (Wildman–Crippen LogP) is 1.72. The van der Waals surface area contributed by atoms with E-state index in [0.29, 0.717) is 6.04 Å². The number of aromatic nitrogens is 2. The van der Waals surface area contributed by atoms with Crippen molar-refractivity contribution in [2.45, 2.75) is 45.6 Å². The largest absolute Gasteiger partial charge is 0.337 e. The van der Waals surface area contributed by atoms with Crippen LogP contribution in [0, 0.1) is 6.92 Å². The minimum atomic E-state index is 0.123. The van der Waals surface area contributed by atoms with Crippen molar-refractivity contribution in [1.82, 2.24) is 20.0 Å². The highest BCUT2D eigenvalue weighted by Crippen LogP contribution is 2.13. The number of hydrogen-bond acceptors (Lipinski definition) is 3. The molecule has 1 fully saturated rings. The van der Waals surface area contributed by atoms with Crippen LogP contribution in [-0.4, -0.2) is 46.3 Å². The second kappa shape index (κ2) is 6.88. The standard InChI is InChI=1S/C15H26N4O/c1-4-5-9-19(10-13-7-6-8-16-13)15(20)14-11-18(3)17-12(14)2/h11,13,16H,4-10H2,1-3H3. The fourth-order valence-electron chi connectivity index (χ4n) is 2.78. The van der Waals surface area contributed by atoms with Crippen molar-refractivity contribution in [1.29, 1.82) is 0 Å². The third-order valence-electron chi connectivity index (χ3n) is 3.92. The molecule has 1 saturated heterocycles. The van der Waals surface area contributed by atoms with Crippen LogP contribution in [0.15, 0.2) is 6.20 Å². The monoisotopic (exact) mass is 278 g/mol. The second-order valence-electron chi connectivity index (χ2n) is 5.70. The van der Waals surface area contributed by atoms with Crippen molar-refractivity contribution >= 4 is 5.91 Å². The average molecular weight is 278 g/mol. The van der Waals surface area contributed by atoms with Gasteiger partial charge in [-0.1, -0.05) is 13.3 Å². The lowest BCUT2D eigenvalue weighted by Gasteiger charge is -2.25. The SMILES string of the molecule is CCCCN(CC1CCCN1)C(=O)c1cn(C)nc1C. The van der Waals surface area contributed by atoms with E-state index < -0.39 is 0 Å². The number of carbonyl (C=O) groups is 1. The number of nitrogens with one attached hydrogen (secondary N) is 1. The molecule has 20 heavy (non-hydrogen) atoms. The van der Waals surface area contributed by atoms with Gasteiger partial charge in [-0.05, 0) is 32.7 Å². The summed E-state index contributed by atoms with van der Waals surface area (Å²) in [5.74, 6) is 0.123. The molecule has 1 N–H and O–H groups in total. The second-order valence-corrected chi connectivity index (χ2v) is 5.70. The van der Waals surface area contributed by atoms with Crippen LogP contribution in [-0.2, 0) is 7.05 Å². The molecule has 1 atom stereocenters. The molecule has 0 radical (unpaired) electrons. The van der Waals surface area contributed by atoms with Gasteiger partial charge in [-0.25, -0.2) is 0 Å². The maximum atomic E-state index is 12.7. The van der Waals surface area contributed by atoms with Crippen molar-refractivity contribution in [2.24, 2.45) is 7.05 Å². The zero-order valence-electron chi connectivity index (χ0n) is 12.9. The van der Waals surface area contributed by atoms with Gasteiger partial charge in [-0.15, -0.1) is 0 Å². The first kappa shape index (κ1) is 15.0. The molecule has 0 aliphatic carbocycles. The van der Waals surface area contributed by atoms with E-state index in [4.69, 9.17) is 0 Å². The van der Waals surface area contributed by atoms with Gasteiger partial charge < -0.3 is 10.2 Å². The van der Waals surface area contributed by atoms with Crippen molar-refractivity contribution in [2.75, 3.05) is 19.6 Å². The summed E-state index contributed by atoms with van der Waals surface area (Å²) in [6, 6.07) is 0.452. The summed E-state index contributed by atoms with van der Waals surface area (Å²) in [6.45, 7) is 6.78. The first-order valence-corrected chi connectivity index (χ1v) is 7.64. The quantitative estimate of drug-likeness (QED) is 0.862. The van der Waals surface area contributed by atoms with Gasteiger partial charge in [0.15, 0.2) is 0 Å². The van der Waals surface area contributed by atoms with Gasteiger partial charge in [-0.2, -0.15) is 5.10 Å². The molecular weight excluding hydrogens is 252 g/mol. The lowest BCUT2D eigenvalue weighted by Crippen LogP contribution is -2.41. The summed E-state index contributed by atoms with van der Waals surface area (Å²) >= 11 is 0. The lowest BCUT2D eigenvalue weighted by molar-refractivity contribution is 0.0738. The molecule has 5 heteroatoms. The van der Waals surface area contributed by atoms with Gasteiger partial charge in [0, 0.05) is 32.4 Å². The summed E-state index contributed by atoms with van der Waals surface area (Å²) in [6.07, 6.45) is 6.37. The van der Waals surface area contributed by atoms with Crippen LogP contribution in [0.1, 0.15) is 48.7 Å².